The summed E-state index contributed by atoms with van der Waals surface area (Å²) in [5, 5.41) is -1.13. The molecule has 0 saturated carbocycles. The second-order valence-corrected chi connectivity index (χ2v) is 2.48. The number of ether oxygens (including phenoxy) is 1. The van der Waals surface area contributed by atoms with E-state index in [4.69, 9.17) is 11.6 Å². The second kappa shape index (κ2) is 3.41. The first-order valence-electron chi connectivity index (χ1n) is 3.06. The number of halogens is 5. The summed E-state index contributed by atoms with van der Waals surface area (Å²) in [4.78, 5) is 0. The molecule has 0 aliphatic rings. The Morgan fingerprint density at radius 3 is 1.92 bits per heavy atom. The molecule has 1 aromatic rings. The van der Waals surface area contributed by atoms with E-state index in [1.165, 1.54) is 0 Å². The zero-order chi connectivity index (χ0) is 10.2. The first-order chi connectivity index (χ1) is 6.00. The number of rotatable bonds is 1. The number of methoxy groups -OCH3 is 1. The van der Waals surface area contributed by atoms with Gasteiger partial charge in [0.25, 0.3) is 0 Å². The van der Waals surface area contributed by atoms with Crippen LogP contribution >= 0.6 is 11.6 Å². The predicted octanol–water partition coefficient (Wildman–Crippen LogP) is 2.91. The van der Waals surface area contributed by atoms with E-state index in [1.807, 2.05) is 0 Å². The van der Waals surface area contributed by atoms with Gasteiger partial charge in [0.1, 0.15) is 5.02 Å². The highest BCUT2D eigenvalue weighted by Gasteiger charge is 2.24. The van der Waals surface area contributed by atoms with Gasteiger partial charge in [0.15, 0.2) is 23.2 Å². The van der Waals surface area contributed by atoms with Gasteiger partial charge in [-0.25, -0.2) is 13.2 Å². The SMILES string of the molecule is COc1c(F)c(F)c(F)c(Cl)c1F. The summed E-state index contributed by atoms with van der Waals surface area (Å²) < 4.78 is 54.7. The van der Waals surface area contributed by atoms with Gasteiger partial charge in [0.05, 0.1) is 7.11 Å². The zero-order valence-electron chi connectivity index (χ0n) is 6.30. The molecule has 6 heteroatoms. The molecule has 13 heavy (non-hydrogen) atoms. The quantitative estimate of drug-likeness (QED) is 0.397. The molecule has 0 aromatic heterocycles. The lowest BCUT2D eigenvalue weighted by atomic mass is 10.3. The summed E-state index contributed by atoms with van der Waals surface area (Å²) in [5.74, 6) is -7.85. The van der Waals surface area contributed by atoms with Crippen molar-refractivity contribution in [3.63, 3.8) is 0 Å². The van der Waals surface area contributed by atoms with E-state index in [9.17, 15) is 17.6 Å². The molecular formula is C7H3ClF4O. The van der Waals surface area contributed by atoms with E-state index >= 15 is 0 Å². The van der Waals surface area contributed by atoms with Crippen molar-refractivity contribution < 1.29 is 22.3 Å². The largest absolute Gasteiger partial charge is 0.491 e. The molecule has 1 aromatic carbocycles. The number of hydrogen-bond donors (Lipinski definition) is 0. The van der Waals surface area contributed by atoms with Crippen molar-refractivity contribution in [1.29, 1.82) is 0 Å². The van der Waals surface area contributed by atoms with Gasteiger partial charge in [0, 0.05) is 0 Å². The van der Waals surface area contributed by atoms with Crippen LogP contribution in [0, 0.1) is 23.3 Å². The number of hydrogen-bond acceptors (Lipinski definition) is 1. The molecule has 1 nitrogen and oxygen atoms in total. The predicted molar refractivity (Wildman–Crippen MR) is 37.8 cm³/mol. The highest BCUT2D eigenvalue weighted by molar-refractivity contribution is 6.31. The van der Waals surface area contributed by atoms with Crippen molar-refractivity contribution >= 4 is 11.6 Å². The van der Waals surface area contributed by atoms with Gasteiger partial charge >= 0.3 is 0 Å². The number of benzene rings is 1. The van der Waals surface area contributed by atoms with Crippen molar-refractivity contribution in [2.24, 2.45) is 0 Å². The van der Waals surface area contributed by atoms with Crippen LogP contribution in [0.3, 0.4) is 0 Å². The molecule has 0 saturated heterocycles. The smallest absolute Gasteiger partial charge is 0.206 e. The fourth-order valence-electron chi connectivity index (χ4n) is 0.764. The molecule has 0 atom stereocenters. The molecule has 0 aliphatic carbocycles. The summed E-state index contributed by atoms with van der Waals surface area (Å²) in [5.41, 5.74) is 0. The first kappa shape index (κ1) is 10.1. The first-order valence-corrected chi connectivity index (χ1v) is 3.44. The molecule has 0 aliphatic heterocycles. The third-order valence-corrected chi connectivity index (χ3v) is 1.71. The normalized spacial score (nSPS) is 10.3. The van der Waals surface area contributed by atoms with E-state index in [-0.39, 0.29) is 0 Å². The van der Waals surface area contributed by atoms with Crippen molar-refractivity contribution in [2.75, 3.05) is 7.11 Å². The molecule has 0 heterocycles. The van der Waals surface area contributed by atoms with Crippen LogP contribution in [0.15, 0.2) is 0 Å². The Morgan fingerprint density at radius 1 is 0.923 bits per heavy atom. The highest BCUT2D eigenvalue weighted by atomic mass is 35.5. The van der Waals surface area contributed by atoms with Gasteiger partial charge in [-0.2, -0.15) is 4.39 Å². The van der Waals surface area contributed by atoms with Crippen LogP contribution in [0.1, 0.15) is 0 Å². The standard InChI is InChI=1S/C7H3ClF4O/c1-13-7-4(10)2(8)3(9)5(11)6(7)12/h1H3. The summed E-state index contributed by atoms with van der Waals surface area (Å²) in [7, 11) is 0.912. The lowest BCUT2D eigenvalue weighted by molar-refractivity contribution is 0.335. The summed E-state index contributed by atoms with van der Waals surface area (Å²) >= 11 is 5.00. The van der Waals surface area contributed by atoms with Crippen molar-refractivity contribution in [1.82, 2.24) is 0 Å². The summed E-state index contributed by atoms with van der Waals surface area (Å²) in [6.45, 7) is 0. The summed E-state index contributed by atoms with van der Waals surface area (Å²) in [6, 6.07) is 0. The average Bonchev–Trinajstić information content (AvgIpc) is 2.13. The molecule has 0 radical (unpaired) electrons. The minimum Gasteiger partial charge on any atom is -0.491 e. The third-order valence-electron chi connectivity index (χ3n) is 1.37. The molecule has 0 unspecified atom stereocenters. The maximum Gasteiger partial charge on any atom is 0.206 e. The van der Waals surface area contributed by atoms with E-state index in [2.05, 4.69) is 4.74 Å². The van der Waals surface area contributed by atoms with Crippen molar-refractivity contribution in [2.45, 2.75) is 0 Å². The Morgan fingerprint density at radius 2 is 1.46 bits per heavy atom. The fourth-order valence-corrected chi connectivity index (χ4v) is 0.933. The van der Waals surface area contributed by atoms with Crippen LogP contribution in [0.4, 0.5) is 17.6 Å². The van der Waals surface area contributed by atoms with Crippen LogP contribution in [-0.4, -0.2) is 7.11 Å². The lowest BCUT2D eigenvalue weighted by Gasteiger charge is -2.06. The monoisotopic (exact) mass is 214 g/mol. The van der Waals surface area contributed by atoms with Gasteiger partial charge in [0.2, 0.25) is 5.82 Å². The van der Waals surface area contributed by atoms with Gasteiger partial charge in [-0.3, -0.25) is 0 Å². The Hall–Kier alpha value is -0.970. The zero-order valence-corrected chi connectivity index (χ0v) is 7.05. The molecule has 0 spiro atoms. The highest BCUT2D eigenvalue weighted by Crippen LogP contribution is 2.32. The van der Waals surface area contributed by atoms with Gasteiger partial charge in [-0.15, -0.1) is 0 Å². The van der Waals surface area contributed by atoms with Gasteiger partial charge < -0.3 is 4.74 Å². The van der Waals surface area contributed by atoms with Crippen molar-refractivity contribution in [3.05, 3.63) is 28.3 Å². The third kappa shape index (κ3) is 1.44. The van der Waals surface area contributed by atoms with E-state index < -0.39 is 34.0 Å². The van der Waals surface area contributed by atoms with E-state index in [0.717, 1.165) is 7.11 Å². The molecule has 0 fully saturated rings. The minimum absolute atomic E-state index is 0.912. The Balaban J connectivity index is 3.56. The van der Waals surface area contributed by atoms with Gasteiger partial charge in [-0.05, 0) is 0 Å². The summed E-state index contributed by atoms with van der Waals surface area (Å²) in [6.07, 6.45) is 0. The minimum atomic E-state index is -1.86. The van der Waals surface area contributed by atoms with E-state index in [0.29, 0.717) is 0 Å². The maximum atomic E-state index is 12.8. The molecule has 72 valence electrons. The Kier molecular flexibility index (Phi) is 2.66. The second-order valence-electron chi connectivity index (χ2n) is 2.10. The molecule has 0 amide bonds. The van der Waals surface area contributed by atoms with E-state index in [1.54, 1.807) is 0 Å². The fraction of sp³-hybridized carbons (Fsp3) is 0.143. The van der Waals surface area contributed by atoms with Crippen LogP contribution < -0.4 is 4.74 Å². The molecule has 1 rings (SSSR count). The lowest BCUT2D eigenvalue weighted by Crippen LogP contribution is -2.01. The molecule has 0 N–H and O–H groups in total. The Bertz CT molecular complexity index is 324. The van der Waals surface area contributed by atoms with Crippen LogP contribution in [-0.2, 0) is 0 Å². The average molecular weight is 215 g/mol. The van der Waals surface area contributed by atoms with Gasteiger partial charge in [-0.1, -0.05) is 11.6 Å². The van der Waals surface area contributed by atoms with Crippen LogP contribution in [0.25, 0.3) is 0 Å². The van der Waals surface area contributed by atoms with Crippen LogP contribution in [0.2, 0.25) is 5.02 Å². The Labute approximate surface area is 75.9 Å². The molecular weight excluding hydrogens is 212 g/mol. The maximum absolute atomic E-state index is 12.8. The molecule has 0 bridgehead atoms. The topological polar surface area (TPSA) is 9.23 Å². The van der Waals surface area contributed by atoms with Crippen LogP contribution in [0.5, 0.6) is 5.75 Å². The van der Waals surface area contributed by atoms with Crippen molar-refractivity contribution in [3.8, 4) is 5.75 Å².